The van der Waals surface area contributed by atoms with Crippen LogP contribution in [-0.2, 0) is 17.6 Å². The van der Waals surface area contributed by atoms with Gasteiger partial charge in [-0.05, 0) is 36.1 Å². The maximum absolute atomic E-state index is 13.3. The maximum atomic E-state index is 13.3. The van der Waals surface area contributed by atoms with Gasteiger partial charge in [0.15, 0.2) is 5.82 Å². The zero-order valence-corrected chi connectivity index (χ0v) is 17.7. The Morgan fingerprint density at radius 2 is 1.86 bits per heavy atom. The molecule has 0 saturated heterocycles. The Morgan fingerprint density at radius 1 is 1.10 bits per heavy atom. The van der Waals surface area contributed by atoms with Crippen molar-refractivity contribution in [2.45, 2.75) is 50.1 Å². The van der Waals surface area contributed by atoms with Crippen LogP contribution in [0.4, 0.5) is 5.69 Å². The van der Waals surface area contributed by atoms with E-state index >= 15 is 0 Å². The summed E-state index contributed by atoms with van der Waals surface area (Å²) in [5.41, 5.74) is 7.71. The Morgan fingerprint density at radius 3 is 2.55 bits per heavy atom. The molecule has 1 aliphatic rings. The van der Waals surface area contributed by atoms with Crippen LogP contribution in [0.5, 0.6) is 0 Å². The molecule has 2 aromatic carbocycles. The van der Waals surface area contributed by atoms with Crippen molar-refractivity contribution >= 4 is 23.4 Å². The molecule has 7 heteroatoms. The van der Waals surface area contributed by atoms with Gasteiger partial charge in [0, 0.05) is 12.1 Å². The number of nitrogens with zero attached hydrogens (tertiary/aromatic N) is 3. The van der Waals surface area contributed by atoms with Crippen molar-refractivity contribution < 1.29 is 4.79 Å². The molecule has 0 unspecified atom stereocenters. The molecule has 1 amide bonds. The smallest absolute Gasteiger partial charge is 0.240 e. The predicted octanol–water partition coefficient (Wildman–Crippen LogP) is 4.11. The van der Waals surface area contributed by atoms with E-state index in [0.29, 0.717) is 5.16 Å². The molecular weight excluding hydrogens is 382 g/mol. The number of aryl methyl sites for hydroxylation is 3. The zero-order valence-electron chi connectivity index (χ0n) is 16.8. The molecule has 0 fully saturated rings. The van der Waals surface area contributed by atoms with E-state index in [1.54, 1.807) is 0 Å². The van der Waals surface area contributed by atoms with Crippen LogP contribution < -0.4 is 10.7 Å². The molecule has 0 spiro atoms. The lowest BCUT2D eigenvalue weighted by Gasteiger charge is -2.33. The van der Waals surface area contributed by atoms with E-state index < -0.39 is 0 Å². The lowest BCUT2D eigenvalue weighted by molar-refractivity contribution is -0.116. The third-order valence-corrected chi connectivity index (χ3v) is 6.44. The number of thioether (sulfide) groups is 1. The molecule has 1 aromatic heterocycles. The van der Waals surface area contributed by atoms with E-state index in [0.717, 1.165) is 35.5 Å². The molecule has 0 saturated carbocycles. The molecule has 29 heavy (non-hydrogen) atoms. The summed E-state index contributed by atoms with van der Waals surface area (Å²) in [6, 6.07) is 16.1. The van der Waals surface area contributed by atoms with Gasteiger partial charge in [0.25, 0.3) is 0 Å². The molecule has 1 aliphatic heterocycles. The molecule has 0 radical (unpaired) electrons. The Labute approximate surface area is 175 Å². The highest BCUT2D eigenvalue weighted by molar-refractivity contribution is 8.00. The average molecular weight is 408 g/mol. The van der Waals surface area contributed by atoms with Gasteiger partial charge in [0.2, 0.25) is 11.1 Å². The topological polar surface area (TPSA) is 71.8 Å². The Hall–Kier alpha value is -2.80. The Balaban J connectivity index is 1.68. The second-order valence-corrected chi connectivity index (χ2v) is 8.24. The lowest BCUT2D eigenvalue weighted by atomic mass is 10.0. The number of carbonyl (C=O) groups excluding carboxylic acids is 1. The van der Waals surface area contributed by atoms with E-state index in [9.17, 15) is 4.79 Å². The molecule has 0 aliphatic carbocycles. The van der Waals surface area contributed by atoms with Crippen molar-refractivity contribution in [3.8, 4) is 0 Å². The van der Waals surface area contributed by atoms with Crippen LogP contribution in [0.1, 0.15) is 42.4 Å². The minimum atomic E-state index is -0.372. The summed E-state index contributed by atoms with van der Waals surface area (Å²) in [4.78, 5) is 13.3. The van der Waals surface area contributed by atoms with Crippen LogP contribution >= 0.6 is 11.8 Å². The highest BCUT2D eigenvalue weighted by Gasteiger charge is 2.37. The number of fused-ring (bicyclic) bond motifs is 1. The average Bonchev–Trinajstić information content (AvgIpc) is 3.16. The summed E-state index contributed by atoms with van der Waals surface area (Å²) in [7, 11) is 0. The number of amides is 1. The minimum absolute atomic E-state index is 0.0475. The molecule has 6 nitrogen and oxygen atoms in total. The highest BCUT2D eigenvalue weighted by atomic mass is 32.2. The van der Waals surface area contributed by atoms with E-state index in [2.05, 4.69) is 52.1 Å². The van der Waals surface area contributed by atoms with Gasteiger partial charge in [-0.2, -0.15) is 0 Å². The fourth-order valence-electron chi connectivity index (χ4n) is 3.46. The standard InChI is InChI=1S/C22H25N5OS/c1-4-15-10-12-16(13-11-15)19-20(21(28)23-17-9-7-6-8-14(17)3)29-22-25-24-18(5-2)27(22)26-19/h6-13,19-20,26H,4-5H2,1-3H3,(H,23,28)/t19-,20+/m0/s1. The van der Waals surface area contributed by atoms with Gasteiger partial charge in [-0.15, -0.1) is 10.2 Å². The fourth-order valence-corrected chi connectivity index (χ4v) is 4.55. The van der Waals surface area contributed by atoms with Gasteiger partial charge in [-0.1, -0.05) is 68.1 Å². The maximum Gasteiger partial charge on any atom is 0.240 e. The largest absolute Gasteiger partial charge is 0.325 e. The molecule has 2 atom stereocenters. The van der Waals surface area contributed by atoms with E-state index in [1.807, 2.05) is 42.8 Å². The molecule has 3 aromatic rings. The van der Waals surface area contributed by atoms with Crippen LogP contribution in [0.2, 0.25) is 0 Å². The monoisotopic (exact) mass is 407 g/mol. The first kappa shape index (κ1) is 19.5. The molecule has 4 rings (SSSR count). The molecule has 2 N–H and O–H groups in total. The highest BCUT2D eigenvalue weighted by Crippen LogP contribution is 2.37. The van der Waals surface area contributed by atoms with Crippen molar-refractivity contribution in [1.82, 2.24) is 14.9 Å². The van der Waals surface area contributed by atoms with Gasteiger partial charge in [0.05, 0.1) is 6.04 Å². The van der Waals surface area contributed by atoms with E-state index in [4.69, 9.17) is 0 Å². The van der Waals surface area contributed by atoms with Crippen molar-refractivity contribution in [1.29, 1.82) is 0 Å². The quantitative estimate of drug-likeness (QED) is 0.666. The first-order chi connectivity index (χ1) is 14.1. The van der Waals surface area contributed by atoms with Crippen molar-refractivity contribution in [3.05, 3.63) is 71.0 Å². The van der Waals surface area contributed by atoms with Gasteiger partial charge in [-0.3, -0.25) is 4.79 Å². The normalized spacial score (nSPS) is 18.0. The number of rotatable bonds is 5. The van der Waals surface area contributed by atoms with Crippen molar-refractivity contribution in [2.75, 3.05) is 10.7 Å². The number of hydrogen-bond acceptors (Lipinski definition) is 5. The first-order valence-corrected chi connectivity index (χ1v) is 10.8. The van der Waals surface area contributed by atoms with Crippen molar-refractivity contribution in [2.24, 2.45) is 0 Å². The molecular formula is C22H25N5OS. The number of anilines is 1. The second-order valence-electron chi connectivity index (χ2n) is 7.13. The van der Waals surface area contributed by atoms with Gasteiger partial charge >= 0.3 is 0 Å². The number of para-hydroxylation sites is 1. The van der Waals surface area contributed by atoms with Crippen LogP contribution in [0, 0.1) is 6.92 Å². The Kier molecular flexibility index (Phi) is 5.58. The zero-order chi connectivity index (χ0) is 20.4. The number of aromatic nitrogens is 3. The summed E-state index contributed by atoms with van der Waals surface area (Å²) in [5.74, 6) is 0.814. The summed E-state index contributed by atoms with van der Waals surface area (Å²) < 4.78 is 1.92. The van der Waals surface area contributed by atoms with Gasteiger partial charge in [0.1, 0.15) is 5.25 Å². The SMILES string of the molecule is CCc1ccc([C@@H]2Nn3c(CC)nnc3S[C@H]2C(=O)Nc2ccccc2C)cc1. The number of hydrogen-bond donors (Lipinski definition) is 2. The summed E-state index contributed by atoms with van der Waals surface area (Å²) in [6.07, 6.45) is 1.75. The number of carbonyl (C=O) groups is 1. The van der Waals surface area contributed by atoms with E-state index in [-0.39, 0.29) is 17.2 Å². The first-order valence-electron chi connectivity index (χ1n) is 9.93. The second kappa shape index (κ2) is 8.29. The van der Waals surface area contributed by atoms with Crippen LogP contribution in [0.25, 0.3) is 0 Å². The summed E-state index contributed by atoms with van der Waals surface area (Å²) in [6.45, 7) is 6.18. The predicted molar refractivity (Wildman–Crippen MR) is 117 cm³/mol. The fraction of sp³-hybridized carbons (Fsp3) is 0.318. The van der Waals surface area contributed by atoms with Crippen LogP contribution in [-0.4, -0.2) is 26.0 Å². The third kappa shape index (κ3) is 3.87. The third-order valence-electron chi connectivity index (χ3n) is 5.23. The lowest BCUT2D eigenvalue weighted by Crippen LogP contribution is -2.41. The number of nitrogens with one attached hydrogen (secondary N) is 2. The van der Waals surface area contributed by atoms with Crippen LogP contribution in [0.3, 0.4) is 0 Å². The minimum Gasteiger partial charge on any atom is -0.325 e. The molecule has 0 bridgehead atoms. The van der Waals surface area contributed by atoms with E-state index in [1.165, 1.54) is 17.3 Å². The molecule has 2 heterocycles. The summed E-state index contributed by atoms with van der Waals surface area (Å²) in [5, 5.41) is 12.0. The van der Waals surface area contributed by atoms with Crippen molar-refractivity contribution in [3.63, 3.8) is 0 Å². The van der Waals surface area contributed by atoms with Gasteiger partial charge in [-0.25, -0.2) is 4.68 Å². The number of benzene rings is 2. The Bertz CT molecular complexity index is 1010. The summed E-state index contributed by atoms with van der Waals surface area (Å²) >= 11 is 1.45. The van der Waals surface area contributed by atoms with Crippen LogP contribution in [0.15, 0.2) is 53.7 Å². The van der Waals surface area contributed by atoms with Gasteiger partial charge < -0.3 is 10.7 Å². The molecule has 150 valence electrons.